The lowest BCUT2D eigenvalue weighted by atomic mass is 10.0. The van der Waals surface area contributed by atoms with Gasteiger partial charge in [0.15, 0.2) is 0 Å². The van der Waals surface area contributed by atoms with Gasteiger partial charge in [0.05, 0.1) is 5.51 Å². The Balaban J connectivity index is 2.01. The predicted molar refractivity (Wildman–Crippen MR) is 75.6 cm³/mol. The molecule has 2 rings (SSSR count). The molecule has 90 valence electrons. The second-order valence-corrected chi connectivity index (χ2v) is 6.09. The summed E-state index contributed by atoms with van der Waals surface area (Å²) in [4.78, 5) is 6.61. The van der Waals surface area contributed by atoms with Gasteiger partial charge in [0.1, 0.15) is 0 Å². The Morgan fingerprint density at radius 1 is 1.35 bits per heavy atom. The zero-order valence-electron chi connectivity index (χ0n) is 9.80. The third-order valence-electron chi connectivity index (χ3n) is 2.52. The Morgan fingerprint density at radius 2 is 2.12 bits per heavy atom. The van der Waals surface area contributed by atoms with E-state index in [4.69, 9.17) is 5.73 Å². The molecule has 1 heterocycles. The fourth-order valence-corrected chi connectivity index (χ4v) is 2.97. The molecular weight excluding hydrogens is 248 g/mol. The van der Waals surface area contributed by atoms with E-state index in [1.54, 1.807) is 11.3 Å². The first-order valence-corrected chi connectivity index (χ1v) is 7.52. The molecule has 1 atom stereocenters. The maximum absolute atomic E-state index is 6.18. The Bertz CT molecular complexity index is 437. The monoisotopic (exact) mass is 264 g/mol. The van der Waals surface area contributed by atoms with Crippen molar-refractivity contribution >= 4 is 23.1 Å². The summed E-state index contributed by atoms with van der Waals surface area (Å²) in [7, 11) is 0. The van der Waals surface area contributed by atoms with Gasteiger partial charge in [-0.3, -0.25) is 4.98 Å². The van der Waals surface area contributed by atoms with E-state index in [0.717, 1.165) is 12.2 Å². The van der Waals surface area contributed by atoms with Crippen LogP contribution >= 0.6 is 23.1 Å². The molecule has 2 nitrogen and oxygen atoms in total. The highest BCUT2D eigenvalue weighted by atomic mass is 32.2. The molecule has 0 aliphatic carbocycles. The van der Waals surface area contributed by atoms with Gasteiger partial charge in [-0.25, -0.2) is 0 Å². The van der Waals surface area contributed by atoms with E-state index in [0.29, 0.717) is 0 Å². The van der Waals surface area contributed by atoms with Crippen LogP contribution in [0.1, 0.15) is 23.4 Å². The fraction of sp³-hybridized carbons (Fsp3) is 0.308. The third kappa shape index (κ3) is 3.56. The largest absolute Gasteiger partial charge is 0.324 e. The van der Waals surface area contributed by atoms with Crippen LogP contribution in [0.15, 0.2) is 40.9 Å². The molecule has 2 N–H and O–H groups in total. The molecule has 2 aromatic rings. The Hall–Kier alpha value is -0.840. The summed E-state index contributed by atoms with van der Waals surface area (Å²) in [6.07, 6.45) is 2.76. The SMILES string of the molecule is CCSc1ccc(C(N)Cc2cncs2)cc1. The highest BCUT2D eigenvalue weighted by Gasteiger charge is 2.08. The minimum atomic E-state index is 0.0659. The van der Waals surface area contributed by atoms with E-state index in [9.17, 15) is 0 Å². The van der Waals surface area contributed by atoms with Crippen molar-refractivity contribution in [1.82, 2.24) is 4.98 Å². The number of thiazole rings is 1. The number of nitrogens with zero attached hydrogens (tertiary/aromatic N) is 1. The summed E-state index contributed by atoms with van der Waals surface area (Å²) in [6, 6.07) is 8.62. The van der Waals surface area contributed by atoms with Gasteiger partial charge in [-0.15, -0.1) is 23.1 Å². The third-order valence-corrected chi connectivity index (χ3v) is 4.22. The van der Waals surface area contributed by atoms with Crippen LogP contribution in [-0.2, 0) is 6.42 Å². The van der Waals surface area contributed by atoms with Crippen molar-refractivity contribution in [2.75, 3.05) is 5.75 Å². The maximum atomic E-state index is 6.18. The van der Waals surface area contributed by atoms with Crippen molar-refractivity contribution in [2.45, 2.75) is 24.3 Å². The first-order chi connectivity index (χ1) is 8.29. The Labute approximate surface area is 110 Å². The Kier molecular flexibility index (Phi) is 4.59. The molecule has 4 heteroatoms. The fourth-order valence-electron chi connectivity index (χ4n) is 1.66. The van der Waals surface area contributed by atoms with Gasteiger partial charge in [0, 0.05) is 28.4 Å². The van der Waals surface area contributed by atoms with Crippen LogP contribution in [0.5, 0.6) is 0 Å². The smallest absolute Gasteiger partial charge is 0.0794 e. The van der Waals surface area contributed by atoms with Gasteiger partial charge in [0.2, 0.25) is 0 Å². The number of hydrogen-bond acceptors (Lipinski definition) is 4. The molecule has 0 saturated carbocycles. The normalized spacial score (nSPS) is 12.6. The molecule has 0 aliphatic rings. The lowest BCUT2D eigenvalue weighted by Gasteiger charge is -2.11. The van der Waals surface area contributed by atoms with Gasteiger partial charge >= 0.3 is 0 Å². The van der Waals surface area contributed by atoms with E-state index in [2.05, 4.69) is 36.2 Å². The van der Waals surface area contributed by atoms with Gasteiger partial charge in [-0.2, -0.15) is 0 Å². The average molecular weight is 264 g/mol. The number of nitrogens with two attached hydrogens (primary N) is 1. The van der Waals surface area contributed by atoms with E-state index >= 15 is 0 Å². The molecule has 1 aromatic heterocycles. The summed E-state index contributed by atoms with van der Waals surface area (Å²) >= 11 is 3.51. The number of rotatable bonds is 5. The van der Waals surface area contributed by atoms with E-state index in [1.807, 2.05) is 23.5 Å². The van der Waals surface area contributed by atoms with Crippen LogP contribution in [0.2, 0.25) is 0 Å². The summed E-state index contributed by atoms with van der Waals surface area (Å²) in [5.74, 6) is 1.10. The minimum Gasteiger partial charge on any atom is -0.324 e. The van der Waals surface area contributed by atoms with E-state index in [-0.39, 0.29) is 6.04 Å². The molecule has 0 amide bonds. The molecule has 1 unspecified atom stereocenters. The van der Waals surface area contributed by atoms with Crippen LogP contribution in [0, 0.1) is 0 Å². The minimum absolute atomic E-state index is 0.0659. The highest BCUT2D eigenvalue weighted by molar-refractivity contribution is 7.99. The van der Waals surface area contributed by atoms with Crippen LogP contribution in [0.4, 0.5) is 0 Å². The van der Waals surface area contributed by atoms with Crippen molar-refractivity contribution in [2.24, 2.45) is 5.73 Å². The zero-order valence-corrected chi connectivity index (χ0v) is 11.4. The van der Waals surface area contributed by atoms with Gasteiger partial charge in [-0.05, 0) is 23.4 Å². The molecule has 0 radical (unpaired) electrons. The molecule has 1 aromatic carbocycles. The van der Waals surface area contributed by atoms with Crippen molar-refractivity contribution < 1.29 is 0 Å². The van der Waals surface area contributed by atoms with Crippen LogP contribution in [0.3, 0.4) is 0 Å². The topological polar surface area (TPSA) is 38.9 Å². The molecule has 17 heavy (non-hydrogen) atoms. The lowest BCUT2D eigenvalue weighted by Crippen LogP contribution is -2.12. The summed E-state index contributed by atoms with van der Waals surface area (Å²) < 4.78 is 0. The molecule has 0 aliphatic heterocycles. The van der Waals surface area contributed by atoms with Crippen LogP contribution in [-0.4, -0.2) is 10.7 Å². The summed E-state index contributed by atoms with van der Waals surface area (Å²) in [5.41, 5.74) is 9.23. The molecule has 0 spiro atoms. The van der Waals surface area contributed by atoms with Crippen molar-refractivity contribution in [3.05, 3.63) is 46.4 Å². The number of hydrogen-bond donors (Lipinski definition) is 1. The predicted octanol–water partition coefficient (Wildman–Crippen LogP) is 3.50. The average Bonchev–Trinajstić information content (AvgIpc) is 2.83. The zero-order chi connectivity index (χ0) is 12.1. The number of aromatic nitrogens is 1. The molecule has 0 bridgehead atoms. The van der Waals surface area contributed by atoms with Gasteiger partial charge < -0.3 is 5.73 Å². The van der Waals surface area contributed by atoms with Crippen molar-refractivity contribution in [1.29, 1.82) is 0 Å². The summed E-state index contributed by atoms with van der Waals surface area (Å²) in [6.45, 7) is 2.16. The molecule has 0 saturated heterocycles. The Morgan fingerprint density at radius 3 is 2.71 bits per heavy atom. The van der Waals surface area contributed by atoms with Crippen molar-refractivity contribution in [3.8, 4) is 0 Å². The lowest BCUT2D eigenvalue weighted by molar-refractivity contribution is 0.728. The maximum Gasteiger partial charge on any atom is 0.0794 e. The first-order valence-electron chi connectivity index (χ1n) is 5.65. The molecular formula is C13H16N2S2. The first kappa shape index (κ1) is 12.6. The highest BCUT2D eigenvalue weighted by Crippen LogP contribution is 2.22. The van der Waals surface area contributed by atoms with Crippen molar-refractivity contribution in [3.63, 3.8) is 0 Å². The number of benzene rings is 1. The van der Waals surface area contributed by atoms with Gasteiger partial charge in [-0.1, -0.05) is 19.1 Å². The summed E-state index contributed by atoms with van der Waals surface area (Å²) in [5, 5.41) is 0. The second-order valence-electron chi connectivity index (χ2n) is 3.78. The molecule has 0 fully saturated rings. The van der Waals surface area contributed by atoms with E-state index < -0.39 is 0 Å². The van der Waals surface area contributed by atoms with Gasteiger partial charge in [0.25, 0.3) is 0 Å². The van der Waals surface area contributed by atoms with Crippen LogP contribution in [0.25, 0.3) is 0 Å². The van der Waals surface area contributed by atoms with Crippen LogP contribution < -0.4 is 5.73 Å². The number of thioether (sulfide) groups is 1. The quantitative estimate of drug-likeness (QED) is 0.840. The second kappa shape index (κ2) is 6.19. The standard InChI is InChI=1S/C13H16N2S2/c1-2-16-11-5-3-10(4-6-11)13(14)7-12-8-15-9-17-12/h3-6,8-9,13H,2,7,14H2,1H3. The van der Waals surface area contributed by atoms with E-state index in [1.165, 1.54) is 15.3 Å².